The molecule has 0 spiro atoms. The van der Waals surface area contributed by atoms with E-state index in [-0.39, 0.29) is 11.2 Å². The number of hydrogen-bond donors (Lipinski definition) is 0. The van der Waals surface area contributed by atoms with Gasteiger partial charge in [0.25, 0.3) is 0 Å². The van der Waals surface area contributed by atoms with Crippen molar-refractivity contribution >= 4 is 41.3 Å². The van der Waals surface area contributed by atoms with Crippen LogP contribution in [0.2, 0.25) is 0 Å². The Labute approximate surface area is 143 Å². The number of thioether (sulfide) groups is 1. The molecule has 0 radical (unpaired) electrons. The molecule has 22 heavy (non-hydrogen) atoms. The summed E-state index contributed by atoms with van der Waals surface area (Å²) in [6.45, 7) is 3.81. The number of allylic oxidation sites excluding steroid dienone is 2. The van der Waals surface area contributed by atoms with Gasteiger partial charge in [0.2, 0.25) is 0 Å². The maximum atomic E-state index is 12.5. The molecule has 0 aliphatic rings. The van der Waals surface area contributed by atoms with E-state index >= 15 is 0 Å². The summed E-state index contributed by atoms with van der Waals surface area (Å²) < 4.78 is 1.97. The average molecular weight is 352 g/mol. The first-order valence-corrected chi connectivity index (χ1v) is 9.00. The Balaban J connectivity index is 2.14. The second kappa shape index (κ2) is 8.31. The fourth-order valence-electron chi connectivity index (χ4n) is 1.75. The van der Waals surface area contributed by atoms with Gasteiger partial charge in [0.05, 0.1) is 5.69 Å². The number of carbonyl (C=O) groups is 1. The Kier molecular flexibility index (Phi) is 6.42. The van der Waals surface area contributed by atoms with E-state index in [1.165, 1.54) is 27.8 Å². The van der Waals surface area contributed by atoms with E-state index in [0.29, 0.717) is 10.4 Å². The molecule has 1 heterocycles. The minimum absolute atomic E-state index is 0.287. The van der Waals surface area contributed by atoms with Crippen molar-refractivity contribution in [1.29, 1.82) is 0 Å². The molecule has 0 saturated carbocycles. The maximum Gasteiger partial charge on any atom is 0.346 e. The van der Waals surface area contributed by atoms with Gasteiger partial charge in [0.1, 0.15) is 5.25 Å². The Morgan fingerprint density at radius 3 is 2.77 bits per heavy atom. The molecule has 6 heteroatoms. The molecule has 0 aliphatic carbocycles. The molecule has 0 amide bonds. The molecule has 1 atom stereocenters. The van der Waals surface area contributed by atoms with Crippen molar-refractivity contribution in [2.75, 3.05) is 0 Å². The van der Waals surface area contributed by atoms with E-state index in [1.54, 1.807) is 0 Å². The highest BCUT2D eigenvalue weighted by Gasteiger charge is 2.22. The molecule has 2 rings (SSSR count). The van der Waals surface area contributed by atoms with Gasteiger partial charge in [0.15, 0.2) is 3.95 Å². The highest BCUT2D eigenvalue weighted by molar-refractivity contribution is 8.00. The van der Waals surface area contributed by atoms with E-state index in [9.17, 15) is 4.79 Å². The summed E-state index contributed by atoms with van der Waals surface area (Å²) in [5.74, 6) is -0.287. The van der Waals surface area contributed by atoms with Gasteiger partial charge in [-0.2, -0.15) is 4.73 Å². The van der Waals surface area contributed by atoms with Crippen LogP contribution in [0.5, 0.6) is 0 Å². The van der Waals surface area contributed by atoms with Gasteiger partial charge < -0.3 is 4.84 Å². The Bertz CT molecular complexity index is 704. The standard InChI is InChI=1S/C16H17NO2S3/c1-3-4-10-14(22-13-8-6-5-7-9-13)15(18)19-17-12(2)11-21-16(17)20/h3-9,11,14H,10H2,1-2H3/b4-3+. The lowest BCUT2D eigenvalue weighted by Crippen LogP contribution is -2.29. The van der Waals surface area contributed by atoms with Crippen LogP contribution in [0.25, 0.3) is 0 Å². The summed E-state index contributed by atoms with van der Waals surface area (Å²) in [4.78, 5) is 19.0. The Morgan fingerprint density at radius 2 is 2.18 bits per heavy atom. The molecule has 0 saturated heterocycles. The smallest absolute Gasteiger partial charge is 0.333 e. The predicted molar refractivity (Wildman–Crippen MR) is 95.0 cm³/mol. The lowest BCUT2D eigenvalue weighted by molar-refractivity contribution is -0.143. The summed E-state index contributed by atoms with van der Waals surface area (Å²) in [5, 5.41) is 1.57. The van der Waals surface area contributed by atoms with E-state index in [1.807, 2.05) is 61.7 Å². The molecule has 1 aromatic heterocycles. The first kappa shape index (κ1) is 17.0. The predicted octanol–water partition coefficient (Wildman–Crippen LogP) is 4.67. The molecular formula is C16H17NO2S3. The van der Waals surface area contributed by atoms with E-state index < -0.39 is 0 Å². The zero-order valence-electron chi connectivity index (χ0n) is 12.4. The van der Waals surface area contributed by atoms with Crippen LogP contribution in [0.3, 0.4) is 0 Å². The van der Waals surface area contributed by atoms with Crippen molar-refractivity contribution in [3.8, 4) is 0 Å². The lowest BCUT2D eigenvalue weighted by atomic mass is 10.3. The largest absolute Gasteiger partial charge is 0.346 e. The topological polar surface area (TPSA) is 31.2 Å². The number of aromatic nitrogens is 1. The van der Waals surface area contributed by atoms with Crippen LogP contribution >= 0.6 is 35.3 Å². The average Bonchev–Trinajstić information content (AvgIpc) is 2.84. The number of nitrogens with zero attached hydrogens (tertiary/aromatic N) is 1. The molecule has 0 bridgehead atoms. The lowest BCUT2D eigenvalue weighted by Gasteiger charge is -2.14. The highest BCUT2D eigenvalue weighted by Crippen LogP contribution is 2.26. The number of hydrogen-bond acceptors (Lipinski definition) is 5. The van der Waals surface area contributed by atoms with Crippen molar-refractivity contribution in [1.82, 2.24) is 4.73 Å². The minimum Gasteiger partial charge on any atom is -0.333 e. The fourth-order valence-corrected chi connectivity index (χ4v) is 3.71. The molecule has 2 aromatic rings. The molecule has 0 fully saturated rings. The van der Waals surface area contributed by atoms with Crippen LogP contribution in [-0.2, 0) is 4.79 Å². The van der Waals surface area contributed by atoms with Crippen LogP contribution in [0.1, 0.15) is 19.0 Å². The van der Waals surface area contributed by atoms with Gasteiger partial charge in [-0.15, -0.1) is 23.1 Å². The SMILES string of the molecule is C/C=C/CC(Sc1ccccc1)C(=O)On1c(C)csc1=S. The molecule has 1 unspecified atom stereocenters. The Hall–Kier alpha value is -1.37. The van der Waals surface area contributed by atoms with Crippen LogP contribution < -0.4 is 4.84 Å². The fraction of sp³-hybridized carbons (Fsp3) is 0.250. The molecule has 1 aromatic carbocycles. The second-order valence-electron chi connectivity index (χ2n) is 4.57. The quantitative estimate of drug-likeness (QED) is 0.430. The number of rotatable bonds is 6. The maximum absolute atomic E-state index is 12.5. The number of thiazole rings is 1. The summed E-state index contributed by atoms with van der Waals surface area (Å²) in [6.07, 6.45) is 4.53. The molecular weight excluding hydrogens is 334 g/mol. The summed E-state index contributed by atoms with van der Waals surface area (Å²) >= 11 is 8.07. The minimum atomic E-state index is -0.306. The first-order valence-electron chi connectivity index (χ1n) is 6.84. The monoisotopic (exact) mass is 351 g/mol. The second-order valence-corrected chi connectivity index (χ2v) is 7.35. The van der Waals surface area contributed by atoms with Gasteiger partial charge >= 0.3 is 5.97 Å². The van der Waals surface area contributed by atoms with Gasteiger partial charge in [-0.25, -0.2) is 4.79 Å². The summed E-state index contributed by atoms with van der Waals surface area (Å²) in [5.41, 5.74) is 0.831. The van der Waals surface area contributed by atoms with Crippen molar-refractivity contribution in [3.05, 3.63) is 57.5 Å². The van der Waals surface area contributed by atoms with Crippen LogP contribution in [0, 0.1) is 10.9 Å². The summed E-state index contributed by atoms with van der Waals surface area (Å²) in [7, 11) is 0. The third-order valence-corrected chi connectivity index (χ3v) is 5.36. The third kappa shape index (κ3) is 4.56. The first-order chi connectivity index (χ1) is 10.6. The van der Waals surface area contributed by atoms with Gasteiger partial charge in [0, 0.05) is 10.3 Å². The molecule has 0 N–H and O–H groups in total. The zero-order chi connectivity index (χ0) is 15.9. The van der Waals surface area contributed by atoms with E-state index in [2.05, 4.69) is 0 Å². The number of benzene rings is 1. The van der Waals surface area contributed by atoms with Crippen molar-refractivity contribution < 1.29 is 9.63 Å². The molecule has 116 valence electrons. The Morgan fingerprint density at radius 1 is 1.45 bits per heavy atom. The van der Waals surface area contributed by atoms with Crippen LogP contribution in [-0.4, -0.2) is 15.9 Å². The van der Waals surface area contributed by atoms with Crippen molar-refractivity contribution in [3.63, 3.8) is 0 Å². The third-order valence-electron chi connectivity index (χ3n) is 2.87. The zero-order valence-corrected chi connectivity index (χ0v) is 14.8. The van der Waals surface area contributed by atoms with Crippen LogP contribution in [0.4, 0.5) is 0 Å². The van der Waals surface area contributed by atoms with E-state index in [4.69, 9.17) is 17.1 Å². The number of carbonyl (C=O) groups excluding carboxylic acids is 1. The summed E-state index contributed by atoms with van der Waals surface area (Å²) in [6, 6.07) is 9.85. The van der Waals surface area contributed by atoms with Crippen molar-refractivity contribution in [2.24, 2.45) is 0 Å². The molecule has 3 nitrogen and oxygen atoms in total. The number of aryl methyl sites for hydroxylation is 1. The molecule has 0 aliphatic heterocycles. The van der Waals surface area contributed by atoms with Gasteiger partial charge in [-0.05, 0) is 44.6 Å². The van der Waals surface area contributed by atoms with E-state index in [0.717, 1.165) is 10.6 Å². The van der Waals surface area contributed by atoms with Crippen LogP contribution in [0.15, 0.2) is 52.8 Å². The highest BCUT2D eigenvalue weighted by atomic mass is 32.2. The van der Waals surface area contributed by atoms with Gasteiger partial charge in [-0.3, -0.25) is 0 Å². The van der Waals surface area contributed by atoms with Gasteiger partial charge in [-0.1, -0.05) is 30.4 Å². The van der Waals surface area contributed by atoms with Crippen molar-refractivity contribution in [2.45, 2.75) is 30.4 Å². The normalized spacial score (nSPS) is 12.5.